The first-order valence-corrected chi connectivity index (χ1v) is 7.51. The Kier molecular flexibility index (Phi) is 4.34. The van der Waals surface area contributed by atoms with Crippen LogP contribution in [-0.4, -0.2) is 11.7 Å². The van der Waals surface area contributed by atoms with Crippen LogP contribution in [-0.2, 0) is 6.42 Å². The van der Waals surface area contributed by atoms with Gasteiger partial charge in [0, 0.05) is 22.2 Å². The minimum atomic E-state index is -0.478. The predicted octanol–water partition coefficient (Wildman–Crippen LogP) is 3.15. The summed E-state index contributed by atoms with van der Waals surface area (Å²) >= 11 is 3.28. The molecule has 0 radical (unpaired) electrons. The van der Waals surface area contributed by atoms with Gasteiger partial charge in [-0.05, 0) is 34.9 Å². The molecule has 2 aromatic rings. The quantitative estimate of drug-likeness (QED) is 0.874. The SMILES string of the molecule is CCc1ccsc1C(O)C(CN)c1cccs1. The lowest BCUT2D eigenvalue weighted by Crippen LogP contribution is -2.19. The summed E-state index contributed by atoms with van der Waals surface area (Å²) in [6.45, 7) is 2.59. The number of aryl methyl sites for hydroxylation is 1. The first kappa shape index (κ1) is 12.8. The lowest BCUT2D eigenvalue weighted by molar-refractivity contribution is 0.151. The molecular weight excluding hydrogens is 250 g/mol. The summed E-state index contributed by atoms with van der Waals surface area (Å²) in [5.41, 5.74) is 7.05. The van der Waals surface area contributed by atoms with E-state index >= 15 is 0 Å². The van der Waals surface area contributed by atoms with Crippen LogP contribution in [0.3, 0.4) is 0 Å². The predicted molar refractivity (Wildman–Crippen MR) is 74.8 cm³/mol. The van der Waals surface area contributed by atoms with E-state index in [4.69, 9.17) is 5.73 Å². The van der Waals surface area contributed by atoms with Gasteiger partial charge >= 0.3 is 0 Å². The normalized spacial score (nSPS) is 14.8. The van der Waals surface area contributed by atoms with Crippen molar-refractivity contribution in [2.24, 2.45) is 5.73 Å². The number of hydrogen-bond acceptors (Lipinski definition) is 4. The van der Waals surface area contributed by atoms with Crippen LogP contribution in [0, 0.1) is 0 Å². The summed E-state index contributed by atoms with van der Waals surface area (Å²) in [5, 5.41) is 14.6. The highest BCUT2D eigenvalue weighted by Gasteiger charge is 2.24. The summed E-state index contributed by atoms with van der Waals surface area (Å²) in [4.78, 5) is 2.23. The van der Waals surface area contributed by atoms with E-state index in [-0.39, 0.29) is 5.92 Å². The fraction of sp³-hybridized carbons (Fsp3) is 0.385. The molecule has 2 atom stereocenters. The van der Waals surface area contributed by atoms with Crippen molar-refractivity contribution in [2.45, 2.75) is 25.4 Å². The first-order chi connectivity index (χ1) is 8.27. The third kappa shape index (κ3) is 2.60. The Hall–Kier alpha value is -0.680. The Morgan fingerprint density at radius 2 is 2.12 bits per heavy atom. The van der Waals surface area contributed by atoms with Crippen molar-refractivity contribution in [3.05, 3.63) is 44.3 Å². The summed E-state index contributed by atoms with van der Waals surface area (Å²) in [7, 11) is 0. The zero-order valence-corrected chi connectivity index (χ0v) is 11.4. The largest absolute Gasteiger partial charge is 0.387 e. The number of nitrogens with two attached hydrogens (primary N) is 1. The lowest BCUT2D eigenvalue weighted by Gasteiger charge is -2.20. The van der Waals surface area contributed by atoms with Gasteiger partial charge in [-0.15, -0.1) is 22.7 Å². The molecule has 0 spiro atoms. The van der Waals surface area contributed by atoms with Crippen LogP contribution in [0.1, 0.15) is 34.3 Å². The average molecular weight is 267 g/mol. The van der Waals surface area contributed by atoms with Crippen LogP contribution in [0.2, 0.25) is 0 Å². The minimum absolute atomic E-state index is 0.0129. The van der Waals surface area contributed by atoms with E-state index in [0.717, 1.165) is 16.2 Å². The topological polar surface area (TPSA) is 46.2 Å². The van der Waals surface area contributed by atoms with Gasteiger partial charge in [0.25, 0.3) is 0 Å². The number of rotatable bonds is 5. The van der Waals surface area contributed by atoms with Crippen LogP contribution in [0.5, 0.6) is 0 Å². The molecule has 2 aromatic heterocycles. The summed E-state index contributed by atoms with van der Waals surface area (Å²) < 4.78 is 0. The highest BCUT2D eigenvalue weighted by Crippen LogP contribution is 2.36. The molecule has 2 nitrogen and oxygen atoms in total. The van der Waals surface area contributed by atoms with E-state index in [1.54, 1.807) is 22.7 Å². The van der Waals surface area contributed by atoms with Crippen LogP contribution >= 0.6 is 22.7 Å². The third-order valence-electron chi connectivity index (χ3n) is 2.97. The van der Waals surface area contributed by atoms with Crippen molar-refractivity contribution in [2.75, 3.05) is 6.54 Å². The lowest BCUT2D eigenvalue weighted by atomic mass is 9.97. The average Bonchev–Trinajstić information content (AvgIpc) is 3.00. The van der Waals surface area contributed by atoms with Gasteiger partial charge in [0.05, 0.1) is 6.10 Å². The van der Waals surface area contributed by atoms with Gasteiger partial charge in [0.15, 0.2) is 0 Å². The van der Waals surface area contributed by atoms with Crippen LogP contribution in [0.15, 0.2) is 29.0 Å². The second-order valence-electron chi connectivity index (χ2n) is 3.97. The number of thiophene rings is 2. The molecule has 4 heteroatoms. The smallest absolute Gasteiger partial charge is 0.0973 e. The fourth-order valence-electron chi connectivity index (χ4n) is 1.98. The molecule has 0 aromatic carbocycles. The summed E-state index contributed by atoms with van der Waals surface area (Å²) in [6, 6.07) is 6.14. The Labute approximate surface area is 110 Å². The molecule has 17 heavy (non-hydrogen) atoms. The van der Waals surface area contributed by atoms with Crippen molar-refractivity contribution in [1.29, 1.82) is 0 Å². The molecule has 0 aliphatic carbocycles. The van der Waals surface area contributed by atoms with Crippen LogP contribution in [0.4, 0.5) is 0 Å². The molecule has 2 unspecified atom stereocenters. The van der Waals surface area contributed by atoms with E-state index in [9.17, 15) is 5.11 Å². The third-order valence-corrected chi connectivity index (χ3v) is 5.01. The van der Waals surface area contributed by atoms with Gasteiger partial charge in [-0.2, -0.15) is 0 Å². The van der Waals surface area contributed by atoms with Gasteiger partial charge in [-0.1, -0.05) is 13.0 Å². The minimum Gasteiger partial charge on any atom is -0.387 e. The monoisotopic (exact) mass is 267 g/mol. The van der Waals surface area contributed by atoms with Gasteiger partial charge in [-0.25, -0.2) is 0 Å². The van der Waals surface area contributed by atoms with Gasteiger partial charge < -0.3 is 10.8 Å². The van der Waals surface area contributed by atoms with Gasteiger partial charge in [0.1, 0.15) is 0 Å². The van der Waals surface area contributed by atoms with Crippen molar-refractivity contribution in [3.63, 3.8) is 0 Å². The molecule has 0 bridgehead atoms. The highest BCUT2D eigenvalue weighted by atomic mass is 32.1. The number of hydrogen-bond donors (Lipinski definition) is 2. The highest BCUT2D eigenvalue weighted by molar-refractivity contribution is 7.10. The fourth-order valence-corrected chi connectivity index (χ4v) is 3.90. The van der Waals surface area contributed by atoms with Crippen molar-refractivity contribution < 1.29 is 5.11 Å². The molecular formula is C13H17NOS2. The molecule has 0 fully saturated rings. The molecule has 0 saturated carbocycles. The van der Waals surface area contributed by atoms with Crippen LogP contribution in [0.25, 0.3) is 0 Å². The van der Waals surface area contributed by atoms with Gasteiger partial charge in [0.2, 0.25) is 0 Å². The molecule has 92 valence electrons. The Balaban J connectivity index is 2.26. The zero-order chi connectivity index (χ0) is 12.3. The number of aliphatic hydroxyl groups is 1. The summed E-state index contributed by atoms with van der Waals surface area (Å²) in [6.07, 6.45) is 0.478. The molecule has 0 amide bonds. The molecule has 2 heterocycles. The maximum absolute atomic E-state index is 10.5. The standard InChI is InChI=1S/C13H17NOS2/c1-2-9-5-7-17-13(9)12(15)10(8-14)11-4-3-6-16-11/h3-7,10,12,15H,2,8,14H2,1H3. The zero-order valence-electron chi connectivity index (χ0n) is 9.80. The maximum Gasteiger partial charge on any atom is 0.0973 e. The molecule has 0 aliphatic heterocycles. The van der Waals surface area contributed by atoms with E-state index in [2.05, 4.69) is 13.0 Å². The Morgan fingerprint density at radius 3 is 2.71 bits per heavy atom. The molecule has 2 rings (SSSR count). The van der Waals surface area contributed by atoms with Crippen molar-refractivity contribution in [3.8, 4) is 0 Å². The molecule has 0 aliphatic rings. The van der Waals surface area contributed by atoms with Crippen LogP contribution < -0.4 is 5.73 Å². The summed E-state index contributed by atoms with van der Waals surface area (Å²) in [5.74, 6) is 0.0129. The Morgan fingerprint density at radius 1 is 1.29 bits per heavy atom. The van der Waals surface area contributed by atoms with E-state index < -0.39 is 6.10 Å². The second kappa shape index (κ2) is 5.78. The van der Waals surface area contributed by atoms with Crippen molar-refractivity contribution >= 4 is 22.7 Å². The maximum atomic E-state index is 10.5. The van der Waals surface area contributed by atoms with E-state index in [1.807, 2.05) is 22.9 Å². The number of aliphatic hydroxyl groups excluding tert-OH is 1. The molecule has 3 N–H and O–H groups in total. The van der Waals surface area contributed by atoms with E-state index in [0.29, 0.717) is 6.54 Å². The Bertz CT molecular complexity index is 450. The second-order valence-corrected chi connectivity index (χ2v) is 5.89. The molecule has 0 saturated heterocycles. The first-order valence-electron chi connectivity index (χ1n) is 5.75. The van der Waals surface area contributed by atoms with Gasteiger partial charge in [-0.3, -0.25) is 0 Å². The van der Waals surface area contributed by atoms with E-state index in [1.165, 1.54) is 5.56 Å². The van der Waals surface area contributed by atoms with Crippen molar-refractivity contribution in [1.82, 2.24) is 0 Å².